The number of benzene rings is 3. The molecule has 4 aromatic rings. The Bertz CT molecular complexity index is 1160. The van der Waals surface area contributed by atoms with Crippen molar-refractivity contribution in [3.63, 3.8) is 0 Å². The predicted molar refractivity (Wildman–Crippen MR) is 92.9 cm³/mol. The molecule has 4 heteroatoms. The van der Waals surface area contributed by atoms with E-state index in [1.807, 2.05) is 30.3 Å². The number of aromatic nitrogens is 1. The molecular formula is C20H13NO3. The minimum absolute atomic E-state index is 0.0371. The lowest BCUT2D eigenvalue weighted by atomic mass is 10.0. The maximum atomic E-state index is 12.6. The molecule has 0 saturated carbocycles. The minimum Gasteiger partial charge on any atom is -0.354 e. The van der Waals surface area contributed by atoms with Gasteiger partial charge in [0.1, 0.15) is 6.61 Å². The zero-order valence-corrected chi connectivity index (χ0v) is 12.7. The third-order valence-electron chi connectivity index (χ3n) is 4.45. The van der Waals surface area contributed by atoms with E-state index in [0.717, 1.165) is 33.1 Å². The van der Waals surface area contributed by atoms with E-state index in [2.05, 4.69) is 23.2 Å². The van der Waals surface area contributed by atoms with Crippen molar-refractivity contribution < 1.29 is 9.78 Å². The van der Waals surface area contributed by atoms with Gasteiger partial charge in [-0.05, 0) is 22.9 Å². The van der Waals surface area contributed by atoms with Gasteiger partial charge >= 0.3 is 0 Å². The highest BCUT2D eigenvalue weighted by Gasteiger charge is 2.17. The Kier molecular flexibility index (Phi) is 2.75. The number of hydrogen-bond acceptors (Lipinski definition) is 3. The molecule has 1 aliphatic heterocycles. The second kappa shape index (κ2) is 4.94. The van der Waals surface area contributed by atoms with Gasteiger partial charge in [0.15, 0.2) is 11.2 Å². The van der Waals surface area contributed by atoms with E-state index in [1.54, 1.807) is 12.1 Å². The Balaban J connectivity index is 1.81. The summed E-state index contributed by atoms with van der Waals surface area (Å²) < 4.78 is 0. The fourth-order valence-corrected chi connectivity index (χ4v) is 3.27. The van der Waals surface area contributed by atoms with Crippen molar-refractivity contribution in [2.24, 2.45) is 0 Å². The fraction of sp³-hybridized carbons (Fsp3) is 0.0500. The van der Waals surface area contributed by atoms with Crippen LogP contribution >= 0.6 is 0 Å². The van der Waals surface area contributed by atoms with Crippen LogP contribution in [0.2, 0.25) is 0 Å². The third-order valence-corrected chi connectivity index (χ3v) is 4.45. The molecule has 0 saturated heterocycles. The van der Waals surface area contributed by atoms with Crippen LogP contribution in [0, 0.1) is 0 Å². The van der Waals surface area contributed by atoms with E-state index in [-0.39, 0.29) is 5.43 Å². The summed E-state index contributed by atoms with van der Waals surface area (Å²) in [4.78, 5) is 26.1. The normalized spacial score (nSPS) is 13.2. The van der Waals surface area contributed by atoms with Crippen molar-refractivity contribution in [3.8, 4) is 17.0 Å². The van der Waals surface area contributed by atoms with E-state index in [1.165, 1.54) is 0 Å². The average Bonchev–Trinajstić information content (AvgIpc) is 3.07. The van der Waals surface area contributed by atoms with E-state index in [9.17, 15) is 4.79 Å². The molecule has 2 heterocycles. The SMILES string of the molecule is O=c1cc(-c2cccc3ccccc23)[nH]c2cc3c(cc12)OOC3. The topological polar surface area (TPSA) is 51.3 Å². The smallest absolute Gasteiger partial charge is 0.190 e. The van der Waals surface area contributed by atoms with Crippen LogP contribution in [-0.4, -0.2) is 4.98 Å². The van der Waals surface area contributed by atoms with E-state index in [0.29, 0.717) is 17.7 Å². The monoisotopic (exact) mass is 315 g/mol. The van der Waals surface area contributed by atoms with Gasteiger partial charge in [-0.15, -0.1) is 0 Å². The highest BCUT2D eigenvalue weighted by atomic mass is 17.2. The Morgan fingerprint density at radius 1 is 0.917 bits per heavy atom. The lowest BCUT2D eigenvalue weighted by Crippen LogP contribution is -2.03. The number of nitrogens with one attached hydrogen (secondary N) is 1. The molecule has 116 valence electrons. The molecule has 0 aliphatic carbocycles. The van der Waals surface area contributed by atoms with Gasteiger partial charge in [0.2, 0.25) is 0 Å². The van der Waals surface area contributed by atoms with Crippen LogP contribution in [0.3, 0.4) is 0 Å². The molecule has 0 unspecified atom stereocenters. The molecule has 0 fully saturated rings. The molecule has 1 aromatic heterocycles. The molecule has 5 rings (SSSR count). The van der Waals surface area contributed by atoms with E-state index >= 15 is 0 Å². The minimum atomic E-state index is -0.0371. The Hall–Kier alpha value is -3.11. The maximum Gasteiger partial charge on any atom is 0.190 e. The molecule has 0 spiro atoms. The van der Waals surface area contributed by atoms with Crippen molar-refractivity contribution in [3.05, 3.63) is 76.5 Å². The summed E-state index contributed by atoms with van der Waals surface area (Å²) >= 11 is 0. The standard InChI is InChI=1S/C20H13NO3/c22-19-10-18(15-7-3-5-12-4-1-2-6-14(12)15)21-17-8-13-11-23-24-20(13)9-16(17)19/h1-10H,11H2,(H,21,22). The summed E-state index contributed by atoms with van der Waals surface area (Å²) in [5, 5.41) is 2.86. The lowest BCUT2D eigenvalue weighted by molar-refractivity contribution is -0.194. The van der Waals surface area contributed by atoms with Crippen LogP contribution in [0.4, 0.5) is 0 Å². The summed E-state index contributed by atoms with van der Waals surface area (Å²) in [5.74, 6) is 0.617. The molecule has 0 atom stereocenters. The van der Waals surface area contributed by atoms with Gasteiger partial charge in [-0.1, -0.05) is 42.5 Å². The molecule has 0 amide bonds. The summed E-state index contributed by atoms with van der Waals surface area (Å²) in [6.45, 7) is 0.395. The largest absolute Gasteiger partial charge is 0.354 e. The van der Waals surface area contributed by atoms with Crippen LogP contribution < -0.4 is 10.3 Å². The van der Waals surface area contributed by atoms with Crippen molar-refractivity contribution >= 4 is 21.7 Å². The quantitative estimate of drug-likeness (QED) is 0.536. The van der Waals surface area contributed by atoms with E-state index < -0.39 is 0 Å². The van der Waals surface area contributed by atoms with Gasteiger partial charge in [-0.3, -0.25) is 4.79 Å². The molecule has 0 bridgehead atoms. The molecule has 4 nitrogen and oxygen atoms in total. The number of fused-ring (bicyclic) bond motifs is 3. The lowest BCUT2D eigenvalue weighted by Gasteiger charge is -2.09. The summed E-state index contributed by atoms with van der Waals surface area (Å²) in [7, 11) is 0. The number of hydrogen-bond donors (Lipinski definition) is 1. The van der Waals surface area contributed by atoms with Crippen LogP contribution in [0.15, 0.2) is 65.5 Å². The summed E-state index contributed by atoms with van der Waals surface area (Å²) in [6, 6.07) is 19.6. The first-order chi connectivity index (χ1) is 11.8. The first-order valence-electron chi connectivity index (χ1n) is 7.77. The zero-order chi connectivity index (χ0) is 16.1. The maximum absolute atomic E-state index is 12.6. The van der Waals surface area contributed by atoms with Crippen LogP contribution in [0.1, 0.15) is 5.56 Å². The summed E-state index contributed by atoms with van der Waals surface area (Å²) in [5.41, 5.74) is 3.51. The molecular weight excluding hydrogens is 302 g/mol. The Morgan fingerprint density at radius 3 is 2.75 bits per heavy atom. The molecule has 0 radical (unpaired) electrons. The molecule has 1 aliphatic rings. The molecule has 1 N–H and O–H groups in total. The van der Waals surface area contributed by atoms with Crippen LogP contribution in [0.5, 0.6) is 5.75 Å². The van der Waals surface area contributed by atoms with Gasteiger partial charge in [0.05, 0.1) is 11.2 Å². The van der Waals surface area contributed by atoms with Gasteiger partial charge in [-0.2, -0.15) is 4.89 Å². The second-order valence-electron chi connectivity index (χ2n) is 5.93. The first kappa shape index (κ1) is 13.3. The van der Waals surface area contributed by atoms with Crippen molar-refractivity contribution in [1.29, 1.82) is 0 Å². The molecule has 3 aromatic carbocycles. The second-order valence-corrected chi connectivity index (χ2v) is 5.93. The number of H-pyrrole nitrogens is 1. The fourth-order valence-electron chi connectivity index (χ4n) is 3.27. The van der Waals surface area contributed by atoms with Gasteiger partial charge in [-0.25, -0.2) is 0 Å². The highest BCUT2D eigenvalue weighted by molar-refractivity contribution is 5.97. The predicted octanol–water partition coefficient (Wildman–Crippen LogP) is 4.17. The third kappa shape index (κ3) is 1.94. The van der Waals surface area contributed by atoms with Gasteiger partial charge in [0.25, 0.3) is 0 Å². The molecule has 24 heavy (non-hydrogen) atoms. The van der Waals surface area contributed by atoms with Crippen molar-refractivity contribution in [1.82, 2.24) is 4.98 Å². The van der Waals surface area contributed by atoms with Crippen LogP contribution in [0.25, 0.3) is 32.9 Å². The van der Waals surface area contributed by atoms with E-state index in [4.69, 9.17) is 9.78 Å². The van der Waals surface area contributed by atoms with Crippen LogP contribution in [-0.2, 0) is 11.5 Å². The van der Waals surface area contributed by atoms with Gasteiger partial charge in [0, 0.05) is 22.6 Å². The zero-order valence-electron chi connectivity index (χ0n) is 12.7. The Morgan fingerprint density at radius 2 is 1.79 bits per heavy atom. The number of aromatic amines is 1. The van der Waals surface area contributed by atoms with Crippen molar-refractivity contribution in [2.45, 2.75) is 6.61 Å². The average molecular weight is 315 g/mol. The first-order valence-corrected chi connectivity index (χ1v) is 7.77. The summed E-state index contributed by atoms with van der Waals surface area (Å²) in [6.07, 6.45) is 0. The Labute approximate surface area is 137 Å². The van der Waals surface area contributed by atoms with Gasteiger partial charge < -0.3 is 9.87 Å². The number of pyridine rings is 1. The van der Waals surface area contributed by atoms with Crippen molar-refractivity contribution in [2.75, 3.05) is 0 Å². The highest BCUT2D eigenvalue weighted by Crippen LogP contribution is 2.31. The number of rotatable bonds is 1.